The van der Waals surface area contributed by atoms with E-state index in [2.05, 4.69) is 0 Å². The molecule has 7 heteroatoms. The average molecular weight is 386 g/mol. The Labute approximate surface area is 165 Å². The highest BCUT2D eigenvalue weighted by Gasteiger charge is 2.35. The molecule has 0 bridgehead atoms. The molecule has 28 heavy (non-hydrogen) atoms. The van der Waals surface area contributed by atoms with Gasteiger partial charge >= 0.3 is 6.03 Å². The van der Waals surface area contributed by atoms with Crippen LogP contribution in [0.25, 0.3) is 0 Å². The fourth-order valence-electron chi connectivity index (χ4n) is 3.64. The minimum absolute atomic E-state index is 0.0413. The second kappa shape index (κ2) is 8.04. The Balaban J connectivity index is 1.94. The van der Waals surface area contributed by atoms with Crippen molar-refractivity contribution in [2.75, 3.05) is 27.2 Å². The van der Waals surface area contributed by atoms with E-state index in [4.69, 9.17) is 0 Å². The summed E-state index contributed by atoms with van der Waals surface area (Å²) in [5.74, 6) is -0.533. The average Bonchev–Trinajstić information content (AvgIpc) is 3.13. The fraction of sp³-hybridized carbons (Fsp3) is 0.429. The second-order valence-electron chi connectivity index (χ2n) is 7.54. The van der Waals surface area contributed by atoms with Gasteiger partial charge in [0.1, 0.15) is 18.4 Å². The predicted molar refractivity (Wildman–Crippen MR) is 105 cm³/mol. The Kier molecular flexibility index (Phi) is 5.72. The molecule has 1 unspecified atom stereocenters. The summed E-state index contributed by atoms with van der Waals surface area (Å²) in [4.78, 5) is 30.4. The zero-order valence-electron chi connectivity index (χ0n) is 16.8. The molecule has 6 nitrogen and oxygen atoms in total. The van der Waals surface area contributed by atoms with Crippen molar-refractivity contribution in [2.24, 2.45) is 0 Å². The molecule has 150 valence electrons. The predicted octanol–water partition coefficient (Wildman–Crippen LogP) is 2.95. The van der Waals surface area contributed by atoms with Gasteiger partial charge < -0.3 is 19.3 Å². The molecular formula is C21H27FN4O2. The number of aromatic nitrogens is 1. The van der Waals surface area contributed by atoms with Gasteiger partial charge in [0.2, 0.25) is 5.91 Å². The van der Waals surface area contributed by atoms with Gasteiger partial charge in [-0.25, -0.2) is 9.18 Å². The molecular weight excluding hydrogens is 359 g/mol. The minimum atomic E-state index is -0.513. The summed E-state index contributed by atoms with van der Waals surface area (Å²) in [5.41, 5.74) is 1.34. The minimum Gasteiger partial charge on any atom is -0.348 e. The molecule has 2 heterocycles. The highest BCUT2D eigenvalue weighted by molar-refractivity contribution is 5.85. The molecule has 1 aliphatic rings. The zero-order valence-corrected chi connectivity index (χ0v) is 16.8. The van der Waals surface area contributed by atoms with Crippen LogP contribution in [0.3, 0.4) is 0 Å². The van der Waals surface area contributed by atoms with Gasteiger partial charge in [0.25, 0.3) is 0 Å². The lowest BCUT2D eigenvalue weighted by Crippen LogP contribution is -2.51. The van der Waals surface area contributed by atoms with Crippen LogP contribution in [0.2, 0.25) is 0 Å². The van der Waals surface area contributed by atoms with Gasteiger partial charge in [-0.3, -0.25) is 4.79 Å². The molecule has 1 aliphatic heterocycles. The van der Waals surface area contributed by atoms with E-state index in [1.165, 1.54) is 15.9 Å². The van der Waals surface area contributed by atoms with E-state index in [-0.39, 0.29) is 30.3 Å². The lowest BCUT2D eigenvalue weighted by molar-refractivity contribution is -0.135. The number of amides is 3. The third-order valence-electron chi connectivity index (χ3n) is 5.12. The van der Waals surface area contributed by atoms with Crippen molar-refractivity contribution in [3.8, 4) is 0 Å². The third-order valence-corrected chi connectivity index (χ3v) is 5.12. The SMILES string of the molecule is CC(C)N(CC(=O)N1CCn2cccc2C1c1ccccc1F)C(=O)N(C)C. The summed E-state index contributed by atoms with van der Waals surface area (Å²) < 4.78 is 16.7. The molecule has 3 amide bonds. The van der Waals surface area contributed by atoms with Crippen LogP contribution in [0.4, 0.5) is 9.18 Å². The van der Waals surface area contributed by atoms with Gasteiger partial charge in [0.05, 0.1) is 0 Å². The molecule has 0 spiro atoms. The standard InChI is InChI=1S/C21H27FN4O2/c1-15(2)26(21(28)23(3)4)14-19(27)25-13-12-24-11-7-10-18(24)20(25)16-8-5-6-9-17(16)22/h5-11,15,20H,12-14H2,1-4H3. The largest absolute Gasteiger partial charge is 0.348 e. The molecule has 0 fully saturated rings. The van der Waals surface area contributed by atoms with E-state index in [1.54, 1.807) is 37.2 Å². The van der Waals surface area contributed by atoms with Gasteiger partial charge in [-0.05, 0) is 32.0 Å². The van der Waals surface area contributed by atoms with Crippen molar-refractivity contribution in [1.82, 2.24) is 19.3 Å². The number of urea groups is 1. The molecule has 0 saturated carbocycles. The maximum Gasteiger partial charge on any atom is 0.320 e. The molecule has 1 aromatic heterocycles. The molecule has 1 aromatic carbocycles. The Hall–Kier alpha value is -2.83. The molecule has 0 saturated heterocycles. The number of hydrogen-bond donors (Lipinski definition) is 0. The number of nitrogens with zero attached hydrogens (tertiary/aromatic N) is 4. The van der Waals surface area contributed by atoms with Crippen molar-refractivity contribution in [3.05, 3.63) is 59.7 Å². The van der Waals surface area contributed by atoms with E-state index in [0.717, 1.165) is 5.69 Å². The Morgan fingerprint density at radius 1 is 1.14 bits per heavy atom. The van der Waals surface area contributed by atoms with Crippen LogP contribution in [0.5, 0.6) is 0 Å². The first-order valence-electron chi connectivity index (χ1n) is 9.48. The summed E-state index contributed by atoms with van der Waals surface area (Å²) in [6, 6.07) is 9.52. The van der Waals surface area contributed by atoms with Crippen molar-refractivity contribution in [1.29, 1.82) is 0 Å². The van der Waals surface area contributed by atoms with Crippen LogP contribution in [0, 0.1) is 5.82 Å². The van der Waals surface area contributed by atoms with Crippen molar-refractivity contribution in [2.45, 2.75) is 32.5 Å². The number of hydrogen-bond acceptors (Lipinski definition) is 2. The number of carbonyl (C=O) groups is 2. The third kappa shape index (κ3) is 3.74. The summed E-state index contributed by atoms with van der Waals surface area (Å²) in [5, 5.41) is 0. The summed E-state index contributed by atoms with van der Waals surface area (Å²) >= 11 is 0. The highest BCUT2D eigenvalue weighted by Crippen LogP contribution is 2.34. The first-order valence-corrected chi connectivity index (χ1v) is 9.48. The number of fused-ring (bicyclic) bond motifs is 1. The molecule has 1 atom stereocenters. The lowest BCUT2D eigenvalue weighted by Gasteiger charge is -2.39. The molecule has 0 aliphatic carbocycles. The number of halogens is 1. The van der Waals surface area contributed by atoms with E-state index in [9.17, 15) is 14.0 Å². The van der Waals surface area contributed by atoms with E-state index in [1.807, 2.05) is 36.7 Å². The molecule has 2 aromatic rings. The van der Waals surface area contributed by atoms with Crippen LogP contribution in [0.15, 0.2) is 42.6 Å². The first kappa shape index (κ1) is 19.9. The monoisotopic (exact) mass is 386 g/mol. The molecule has 0 N–H and O–H groups in total. The summed E-state index contributed by atoms with van der Waals surface area (Å²) in [7, 11) is 3.33. The zero-order chi connectivity index (χ0) is 20.4. The van der Waals surface area contributed by atoms with Crippen LogP contribution >= 0.6 is 0 Å². The maximum absolute atomic E-state index is 14.6. The van der Waals surface area contributed by atoms with E-state index in [0.29, 0.717) is 18.7 Å². The van der Waals surface area contributed by atoms with Gasteiger partial charge in [0.15, 0.2) is 0 Å². The normalized spacial score (nSPS) is 16.1. The Morgan fingerprint density at radius 3 is 2.50 bits per heavy atom. The Bertz CT molecular complexity index is 862. The van der Waals surface area contributed by atoms with E-state index < -0.39 is 6.04 Å². The quantitative estimate of drug-likeness (QED) is 0.811. The number of rotatable bonds is 4. The van der Waals surface area contributed by atoms with Crippen LogP contribution in [-0.4, -0.2) is 64.4 Å². The van der Waals surface area contributed by atoms with Gasteiger partial charge in [-0.15, -0.1) is 0 Å². The smallest absolute Gasteiger partial charge is 0.320 e. The lowest BCUT2D eigenvalue weighted by atomic mass is 9.99. The van der Waals surface area contributed by atoms with Gasteiger partial charge in [-0.2, -0.15) is 0 Å². The van der Waals surface area contributed by atoms with Crippen molar-refractivity contribution >= 4 is 11.9 Å². The van der Waals surface area contributed by atoms with E-state index >= 15 is 0 Å². The van der Waals surface area contributed by atoms with Gasteiger partial charge in [-0.1, -0.05) is 18.2 Å². The van der Waals surface area contributed by atoms with Crippen LogP contribution < -0.4 is 0 Å². The van der Waals surface area contributed by atoms with Crippen molar-refractivity contribution < 1.29 is 14.0 Å². The first-order chi connectivity index (χ1) is 13.3. The topological polar surface area (TPSA) is 48.8 Å². The number of carbonyl (C=O) groups excluding carboxylic acids is 2. The maximum atomic E-state index is 14.6. The molecule has 0 radical (unpaired) electrons. The van der Waals surface area contributed by atoms with Crippen molar-refractivity contribution in [3.63, 3.8) is 0 Å². The van der Waals surface area contributed by atoms with Crippen LogP contribution in [0.1, 0.15) is 31.1 Å². The Morgan fingerprint density at radius 2 is 1.86 bits per heavy atom. The summed E-state index contributed by atoms with van der Waals surface area (Å²) in [6.07, 6.45) is 1.95. The van der Waals surface area contributed by atoms with Gasteiger partial charge in [0, 0.05) is 50.7 Å². The highest BCUT2D eigenvalue weighted by atomic mass is 19.1. The fourth-order valence-corrected chi connectivity index (χ4v) is 3.64. The number of benzene rings is 1. The summed E-state index contributed by atoms with van der Waals surface area (Å²) in [6.45, 7) is 4.82. The van der Waals surface area contributed by atoms with Crippen LogP contribution in [-0.2, 0) is 11.3 Å². The second-order valence-corrected chi connectivity index (χ2v) is 7.54. The molecule has 3 rings (SSSR count).